The van der Waals surface area contributed by atoms with E-state index < -0.39 is 0 Å². The molecular weight excluding hydrogens is 342 g/mol. The lowest BCUT2D eigenvalue weighted by Gasteiger charge is -2.44. The molecule has 2 aliphatic heterocycles. The first-order valence-electron chi connectivity index (χ1n) is 9.89. The van der Waals surface area contributed by atoms with Gasteiger partial charge >= 0.3 is 0 Å². The number of hydrogen-bond donors (Lipinski definition) is 1. The minimum absolute atomic E-state index is 0.0710. The van der Waals surface area contributed by atoms with Crippen LogP contribution in [0.1, 0.15) is 40.6 Å². The highest BCUT2D eigenvalue weighted by Crippen LogP contribution is 2.44. The van der Waals surface area contributed by atoms with Gasteiger partial charge in [0.05, 0.1) is 18.3 Å². The Bertz CT molecular complexity index is 719. The monoisotopic (exact) mass is 371 g/mol. The van der Waals surface area contributed by atoms with Crippen molar-refractivity contribution >= 4 is 11.3 Å². The number of nitrogens with zero attached hydrogens (tertiary/aromatic N) is 1. The lowest BCUT2D eigenvalue weighted by molar-refractivity contribution is -0.100. The van der Waals surface area contributed by atoms with Crippen molar-refractivity contribution in [3.63, 3.8) is 0 Å². The summed E-state index contributed by atoms with van der Waals surface area (Å²) in [7, 11) is 0. The number of ether oxygens (including phenoxy) is 1. The number of rotatable bonds is 5. The number of thiophene rings is 1. The van der Waals surface area contributed by atoms with Gasteiger partial charge in [-0.15, -0.1) is 11.3 Å². The molecule has 1 fully saturated rings. The second kappa shape index (κ2) is 7.81. The minimum atomic E-state index is -0.304. The van der Waals surface area contributed by atoms with E-state index >= 15 is 0 Å². The van der Waals surface area contributed by atoms with Gasteiger partial charge in [0.1, 0.15) is 0 Å². The number of aliphatic hydroxyl groups is 1. The fourth-order valence-corrected chi connectivity index (χ4v) is 5.58. The third-order valence-corrected chi connectivity index (χ3v) is 7.19. The summed E-state index contributed by atoms with van der Waals surface area (Å²) in [6.45, 7) is 5.85. The normalized spacial score (nSPS) is 20.8. The molecule has 1 aromatic carbocycles. The number of hydrogen-bond acceptors (Lipinski definition) is 4. The van der Waals surface area contributed by atoms with Crippen molar-refractivity contribution < 1.29 is 9.84 Å². The van der Waals surface area contributed by atoms with E-state index in [1.165, 1.54) is 16.0 Å². The summed E-state index contributed by atoms with van der Waals surface area (Å²) in [5, 5.41) is 10.5. The number of β-amino-alcohol motifs (C(OH)–C–C–N with tert-alkyl or cyclic N) is 1. The van der Waals surface area contributed by atoms with Crippen molar-refractivity contribution in [1.82, 2.24) is 4.90 Å². The Labute approximate surface area is 160 Å². The summed E-state index contributed by atoms with van der Waals surface area (Å²) >= 11 is 1.98. The zero-order chi connectivity index (χ0) is 18.0. The van der Waals surface area contributed by atoms with Crippen molar-refractivity contribution in [1.29, 1.82) is 0 Å². The summed E-state index contributed by atoms with van der Waals surface area (Å²) < 4.78 is 6.36. The number of aliphatic hydroxyl groups excluding tert-OH is 1. The SMILES string of the molecule is CCc1cc2c(s1)CCOC21CCN(CC(O)Cc2ccccc2)CC1. The number of aryl methyl sites for hydroxylation is 1. The molecule has 2 aromatic rings. The van der Waals surface area contributed by atoms with Crippen molar-refractivity contribution in [3.05, 3.63) is 57.3 Å². The molecule has 1 unspecified atom stereocenters. The Morgan fingerprint density at radius 1 is 1.23 bits per heavy atom. The van der Waals surface area contributed by atoms with E-state index in [0.29, 0.717) is 0 Å². The van der Waals surface area contributed by atoms with Crippen molar-refractivity contribution in [2.45, 2.75) is 50.7 Å². The van der Waals surface area contributed by atoms with E-state index in [1.54, 1.807) is 4.88 Å². The van der Waals surface area contributed by atoms with Gasteiger partial charge in [-0.1, -0.05) is 37.3 Å². The standard InChI is InChI=1S/C22H29NO2S/c1-2-19-15-20-21(26-19)8-13-25-22(20)9-11-23(12-10-22)16-18(24)14-17-6-4-3-5-7-17/h3-7,15,18,24H,2,8-14,16H2,1H3. The minimum Gasteiger partial charge on any atom is -0.391 e. The molecule has 2 aliphatic rings. The van der Waals surface area contributed by atoms with Crippen molar-refractivity contribution in [3.8, 4) is 0 Å². The molecule has 1 atom stereocenters. The molecule has 3 heterocycles. The topological polar surface area (TPSA) is 32.7 Å². The zero-order valence-electron chi connectivity index (χ0n) is 15.6. The Kier molecular flexibility index (Phi) is 5.46. The lowest BCUT2D eigenvalue weighted by atomic mass is 9.82. The van der Waals surface area contributed by atoms with Gasteiger partial charge in [0, 0.05) is 35.8 Å². The molecule has 1 aromatic heterocycles. The van der Waals surface area contributed by atoms with Crippen LogP contribution < -0.4 is 0 Å². The first kappa shape index (κ1) is 18.2. The summed E-state index contributed by atoms with van der Waals surface area (Å²) in [5.41, 5.74) is 2.60. The Morgan fingerprint density at radius 2 is 2.00 bits per heavy atom. The van der Waals surface area contributed by atoms with E-state index in [2.05, 4.69) is 30.0 Å². The van der Waals surface area contributed by atoms with Gasteiger partial charge < -0.3 is 14.7 Å². The highest BCUT2D eigenvalue weighted by Gasteiger charge is 2.41. The van der Waals surface area contributed by atoms with E-state index in [4.69, 9.17) is 4.74 Å². The summed E-state index contributed by atoms with van der Waals surface area (Å²) in [5.74, 6) is 0. The molecule has 3 nitrogen and oxygen atoms in total. The van der Waals surface area contributed by atoms with Gasteiger partial charge in [-0.25, -0.2) is 0 Å². The molecule has 4 rings (SSSR count). The lowest BCUT2D eigenvalue weighted by Crippen LogP contribution is -2.48. The van der Waals surface area contributed by atoms with Crippen LogP contribution in [0.5, 0.6) is 0 Å². The van der Waals surface area contributed by atoms with Gasteiger partial charge in [0.15, 0.2) is 0 Å². The van der Waals surface area contributed by atoms with E-state index in [1.807, 2.05) is 29.5 Å². The van der Waals surface area contributed by atoms with Crippen LogP contribution in [0, 0.1) is 0 Å². The average Bonchev–Trinajstić information content (AvgIpc) is 3.10. The Balaban J connectivity index is 1.36. The first-order valence-corrected chi connectivity index (χ1v) is 10.7. The van der Waals surface area contributed by atoms with Crippen molar-refractivity contribution in [2.24, 2.45) is 0 Å². The van der Waals surface area contributed by atoms with Gasteiger partial charge in [-0.05, 0) is 42.9 Å². The van der Waals surface area contributed by atoms with Crippen LogP contribution in [-0.4, -0.2) is 42.4 Å². The largest absolute Gasteiger partial charge is 0.391 e. The number of piperidine rings is 1. The third kappa shape index (κ3) is 3.74. The van der Waals surface area contributed by atoms with Gasteiger partial charge in [-0.3, -0.25) is 0 Å². The van der Waals surface area contributed by atoms with E-state index in [9.17, 15) is 5.11 Å². The highest BCUT2D eigenvalue weighted by atomic mass is 32.1. The maximum absolute atomic E-state index is 10.5. The first-order chi connectivity index (χ1) is 12.7. The molecule has 26 heavy (non-hydrogen) atoms. The molecule has 4 heteroatoms. The van der Waals surface area contributed by atoms with Crippen LogP contribution in [0.4, 0.5) is 0 Å². The smallest absolute Gasteiger partial charge is 0.0966 e. The van der Waals surface area contributed by atoms with Crippen LogP contribution in [-0.2, 0) is 29.6 Å². The fraction of sp³-hybridized carbons (Fsp3) is 0.545. The van der Waals surface area contributed by atoms with Crippen molar-refractivity contribution in [2.75, 3.05) is 26.2 Å². The van der Waals surface area contributed by atoms with Crippen LogP contribution in [0.15, 0.2) is 36.4 Å². The molecule has 140 valence electrons. The third-order valence-electron chi connectivity index (χ3n) is 5.85. The Morgan fingerprint density at radius 3 is 2.73 bits per heavy atom. The van der Waals surface area contributed by atoms with E-state index in [-0.39, 0.29) is 11.7 Å². The summed E-state index contributed by atoms with van der Waals surface area (Å²) in [6.07, 6.45) is 4.69. The molecule has 0 radical (unpaired) electrons. The summed E-state index contributed by atoms with van der Waals surface area (Å²) in [4.78, 5) is 5.44. The molecule has 1 spiro atoms. The Hall–Kier alpha value is -1.20. The fourth-order valence-electron chi connectivity index (χ4n) is 4.41. The molecule has 0 amide bonds. The summed E-state index contributed by atoms with van der Waals surface area (Å²) in [6, 6.07) is 12.7. The molecule has 1 saturated heterocycles. The van der Waals surface area contributed by atoms with Gasteiger partial charge in [0.2, 0.25) is 0 Å². The molecular formula is C22H29NO2S. The quantitative estimate of drug-likeness (QED) is 0.868. The van der Waals surface area contributed by atoms with Crippen LogP contribution >= 0.6 is 11.3 Å². The highest BCUT2D eigenvalue weighted by molar-refractivity contribution is 7.12. The average molecular weight is 372 g/mol. The second-order valence-electron chi connectivity index (χ2n) is 7.64. The zero-order valence-corrected chi connectivity index (χ0v) is 16.4. The van der Waals surface area contributed by atoms with Crippen LogP contribution in [0.25, 0.3) is 0 Å². The van der Waals surface area contributed by atoms with Gasteiger partial charge in [0.25, 0.3) is 0 Å². The van der Waals surface area contributed by atoms with E-state index in [0.717, 1.165) is 58.3 Å². The maximum Gasteiger partial charge on any atom is 0.0966 e. The predicted molar refractivity (Wildman–Crippen MR) is 107 cm³/mol. The molecule has 0 aliphatic carbocycles. The number of benzene rings is 1. The van der Waals surface area contributed by atoms with Crippen LogP contribution in [0.2, 0.25) is 0 Å². The van der Waals surface area contributed by atoms with Crippen LogP contribution in [0.3, 0.4) is 0 Å². The number of fused-ring (bicyclic) bond motifs is 2. The second-order valence-corrected chi connectivity index (χ2v) is 8.86. The molecule has 0 saturated carbocycles. The predicted octanol–water partition coefficient (Wildman–Crippen LogP) is 3.78. The molecule has 1 N–H and O–H groups in total. The number of likely N-dealkylation sites (tertiary alicyclic amines) is 1. The van der Waals surface area contributed by atoms with Gasteiger partial charge in [-0.2, -0.15) is 0 Å². The molecule has 0 bridgehead atoms. The maximum atomic E-state index is 10.5.